The lowest BCUT2D eigenvalue weighted by Crippen LogP contribution is -2.54. The molecule has 0 aliphatic carbocycles. The zero-order chi connectivity index (χ0) is 25.6. The van der Waals surface area contributed by atoms with Crippen LogP contribution in [0.4, 0.5) is 10.5 Å². The number of anilines is 1. The fourth-order valence-corrected chi connectivity index (χ4v) is 4.44. The molecule has 8 nitrogen and oxygen atoms in total. The first-order valence-electron chi connectivity index (χ1n) is 10.7. The van der Waals surface area contributed by atoms with Crippen LogP contribution in [0.15, 0.2) is 48.0 Å². The normalized spacial score (nSPS) is 15.1. The van der Waals surface area contributed by atoms with Gasteiger partial charge in [0.15, 0.2) is 0 Å². The predicted octanol–water partition coefficient (Wildman–Crippen LogP) is 4.73. The minimum Gasteiger partial charge on any atom is -0.478 e. The van der Waals surface area contributed by atoms with Crippen LogP contribution in [-0.2, 0) is 9.59 Å². The number of carbonyl (C=O) groups excluding carboxylic acids is 3. The second-order valence-electron chi connectivity index (χ2n) is 8.26. The molecule has 0 radical (unpaired) electrons. The first-order chi connectivity index (χ1) is 16.5. The van der Waals surface area contributed by atoms with Crippen molar-refractivity contribution in [1.29, 1.82) is 0 Å². The average Bonchev–Trinajstić information content (AvgIpc) is 3.06. The van der Waals surface area contributed by atoms with Gasteiger partial charge in [0.05, 0.1) is 11.3 Å². The monoisotopic (exact) mass is 491 g/mol. The van der Waals surface area contributed by atoms with Crippen molar-refractivity contribution in [2.45, 2.75) is 27.7 Å². The minimum atomic E-state index is -1.03. The molecule has 4 rings (SSSR count). The fourth-order valence-electron chi connectivity index (χ4n) is 4.27. The number of rotatable bonds is 4. The van der Waals surface area contributed by atoms with E-state index in [0.29, 0.717) is 33.1 Å². The van der Waals surface area contributed by atoms with Crippen LogP contribution in [-0.4, -0.2) is 33.5 Å². The van der Waals surface area contributed by atoms with Gasteiger partial charge in [-0.3, -0.25) is 14.9 Å². The number of imide groups is 2. The van der Waals surface area contributed by atoms with E-state index in [-0.39, 0.29) is 16.8 Å². The summed E-state index contributed by atoms with van der Waals surface area (Å²) in [5.74, 6) is -2.59. The van der Waals surface area contributed by atoms with Gasteiger partial charge in [0.2, 0.25) is 0 Å². The molecule has 0 spiro atoms. The number of hydrogen-bond donors (Lipinski definition) is 2. The van der Waals surface area contributed by atoms with Gasteiger partial charge >= 0.3 is 12.0 Å². The number of carbonyl (C=O) groups is 4. The van der Waals surface area contributed by atoms with Gasteiger partial charge < -0.3 is 9.67 Å². The molecule has 2 N–H and O–H groups in total. The predicted molar refractivity (Wildman–Crippen MR) is 132 cm³/mol. The minimum absolute atomic E-state index is 0.183. The van der Waals surface area contributed by atoms with Crippen LogP contribution in [0, 0.1) is 27.7 Å². The third-order valence-corrected chi connectivity index (χ3v) is 6.54. The average molecular weight is 492 g/mol. The Labute approximate surface area is 206 Å². The third kappa shape index (κ3) is 4.02. The van der Waals surface area contributed by atoms with Gasteiger partial charge in [-0.1, -0.05) is 23.7 Å². The molecule has 4 amide bonds. The molecular weight excluding hydrogens is 470 g/mol. The molecule has 2 aromatic carbocycles. The van der Waals surface area contributed by atoms with Gasteiger partial charge in [-0.25, -0.2) is 14.5 Å². The van der Waals surface area contributed by atoms with E-state index in [4.69, 9.17) is 11.6 Å². The molecule has 9 heteroatoms. The molecule has 3 aromatic rings. The Hall–Kier alpha value is -4.17. The van der Waals surface area contributed by atoms with E-state index in [1.807, 2.05) is 18.4 Å². The summed E-state index contributed by atoms with van der Waals surface area (Å²) in [4.78, 5) is 51.0. The molecule has 0 unspecified atom stereocenters. The largest absolute Gasteiger partial charge is 0.478 e. The SMILES string of the molecule is Cc1c(Cl)cccc1N1C(=O)NC(=O)C(=Cc2cc(C)n(-c3cccc(C(=O)O)c3C)c2C)C1=O. The van der Waals surface area contributed by atoms with Crippen molar-refractivity contribution < 1.29 is 24.3 Å². The maximum Gasteiger partial charge on any atom is 0.336 e. The number of carboxylic acids is 1. The van der Waals surface area contributed by atoms with Crippen LogP contribution in [0.5, 0.6) is 0 Å². The van der Waals surface area contributed by atoms with E-state index in [2.05, 4.69) is 5.32 Å². The number of hydrogen-bond acceptors (Lipinski definition) is 4. The second kappa shape index (κ2) is 8.88. The van der Waals surface area contributed by atoms with Crippen LogP contribution >= 0.6 is 11.6 Å². The van der Waals surface area contributed by atoms with E-state index in [1.165, 1.54) is 12.1 Å². The van der Waals surface area contributed by atoms with E-state index in [9.17, 15) is 24.3 Å². The van der Waals surface area contributed by atoms with E-state index >= 15 is 0 Å². The number of aromatic nitrogens is 1. The van der Waals surface area contributed by atoms with Crippen molar-refractivity contribution in [3.63, 3.8) is 0 Å². The van der Waals surface area contributed by atoms with E-state index in [1.54, 1.807) is 50.2 Å². The number of nitrogens with one attached hydrogen (secondary N) is 1. The lowest BCUT2D eigenvalue weighted by atomic mass is 10.1. The standard InChI is InChI=1S/C26H22ClN3O5/c1-13-11-17(16(4)29(13)21-9-5-7-18(14(21)2)25(33)34)12-19-23(31)28-26(35)30(24(19)32)22-10-6-8-20(27)15(22)3/h5-12H,1-4H3,(H,33,34)(H,28,31,35). The molecule has 1 saturated heterocycles. The Balaban J connectivity index is 1.82. The molecule has 0 saturated carbocycles. The number of aromatic carboxylic acids is 1. The highest BCUT2D eigenvalue weighted by molar-refractivity contribution is 6.40. The maximum absolute atomic E-state index is 13.3. The number of carboxylic acid groups (broad SMARTS) is 1. The van der Waals surface area contributed by atoms with Gasteiger partial charge in [-0.2, -0.15) is 0 Å². The van der Waals surface area contributed by atoms with E-state index < -0.39 is 23.8 Å². The lowest BCUT2D eigenvalue weighted by Gasteiger charge is -2.27. The zero-order valence-electron chi connectivity index (χ0n) is 19.5. The summed E-state index contributed by atoms with van der Waals surface area (Å²) in [6.45, 7) is 7.06. The number of benzene rings is 2. The Morgan fingerprint density at radius 3 is 2.31 bits per heavy atom. The molecular formula is C26H22ClN3O5. The third-order valence-electron chi connectivity index (χ3n) is 6.13. The summed E-state index contributed by atoms with van der Waals surface area (Å²) in [7, 11) is 0. The summed E-state index contributed by atoms with van der Waals surface area (Å²) >= 11 is 6.18. The van der Waals surface area contributed by atoms with Crippen LogP contribution in [0.25, 0.3) is 11.8 Å². The summed E-state index contributed by atoms with van der Waals surface area (Å²) in [5.41, 5.74) is 4.10. The topological polar surface area (TPSA) is 109 Å². The Morgan fingerprint density at radius 1 is 0.971 bits per heavy atom. The smallest absolute Gasteiger partial charge is 0.336 e. The van der Waals surface area contributed by atoms with Crippen molar-refractivity contribution in [2.24, 2.45) is 0 Å². The molecule has 178 valence electrons. The highest BCUT2D eigenvalue weighted by Gasteiger charge is 2.38. The highest BCUT2D eigenvalue weighted by Crippen LogP contribution is 2.31. The molecule has 1 fully saturated rings. The van der Waals surface area contributed by atoms with Crippen molar-refractivity contribution in [3.8, 4) is 5.69 Å². The summed E-state index contributed by atoms with van der Waals surface area (Å²) in [6, 6.07) is 10.8. The van der Waals surface area contributed by atoms with Crippen molar-refractivity contribution in [2.75, 3.05) is 4.90 Å². The Kier molecular flexibility index (Phi) is 6.08. The second-order valence-corrected chi connectivity index (χ2v) is 8.67. The number of urea groups is 1. The maximum atomic E-state index is 13.3. The number of barbiturate groups is 1. The van der Waals surface area contributed by atoms with Crippen LogP contribution in [0.1, 0.15) is 38.4 Å². The summed E-state index contributed by atoms with van der Waals surface area (Å²) < 4.78 is 1.86. The van der Waals surface area contributed by atoms with E-state index in [0.717, 1.165) is 10.6 Å². The Morgan fingerprint density at radius 2 is 1.63 bits per heavy atom. The fraction of sp³-hybridized carbons (Fsp3) is 0.154. The summed E-state index contributed by atoms with van der Waals surface area (Å²) in [5, 5.41) is 12.1. The molecule has 2 heterocycles. The van der Waals surface area contributed by atoms with Crippen molar-refractivity contribution in [1.82, 2.24) is 9.88 Å². The Bertz CT molecular complexity index is 1470. The number of halogens is 1. The molecule has 35 heavy (non-hydrogen) atoms. The van der Waals surface area contributed by atoms with Crippen LogP contribution in [0.2, 0.25) is 5.02 Å². The van der Waals surface area contributed by atoms with Crippen LogP contribution in [0.3, 0.4) is 0 Å². The van der Waals surface area contributed by atoms with Gasteiger partial charge in [-0.15, -0.1) is 0 Å². The van der Waals surface area contributed by atoms with Gasteiger partial charge in [0.1, 0.15) is 5.57 Å². The molecule has 1 aliphatic heterocycles. The van der Waals surface area contributed by atoms with Crippen molar-refractivity contribution in [3.05, 3.63) is 86.7 Å². The molecule has 0 atom stereocenters. The summed E-state index contributed by atoms with van der Waals surface area (Å²) in [6.07, 6.45) is 1.44. The zero-order valence-corrected chi connectivity index (χ0v) is 20.2. The number of nitrogens with zero attached hydrogens (tertiary/aromatic N) is 2. The van der Waals surface area contributed by atoms with Crippen molar-refractivity contribution >= 4 is 47.2 Å². The quantitative estimate of drug-likeness (QED) is 0.405. The first-order valence-corrected chi connectivity index (χ1v) is 11.1. The first kappa shape index (κ1) is 24.0. The lowest BCUT2D eigenvalue weighted by molar-refractivity contribution is -0.122. The van der Waals surface area contributed by atoms with Gasteiger partial charge in [-0.05, 0) is 80.8 Å². The number of aryl methyl sites for hydroxylation is 1. The highest BCUT2D eigenvalue weighted by atomic mass is 35.5. The molecule has 1 aliphatic rings. The van der Waals surface area contributed by atoms with Gasteiger partial charge in [0, 0.05) is 22.1 Å². The number of amides is 4. The molecule has 1 aromatic heterocycles. The van der Waals surface area contributed by atoms with Crippen LogP contribution < -0.4 is 10.2 Å². The molecule has 0 bridgehead atoms. The van der Waals surface area contributed by atoms with Gasteiger partial charge in [0.25, 0.3) is 11.8 Å².